The van der Waals surface area contributed by atoms with Crippen LogP contribution in [-0.4, -0.2) is 43.1 Å². The van der Waals surface area contributed by atoms with Gasteiger partial charge in [-0.15, -0.1) is 0 Å². The Kier molecular flexibility index (Phi) is 3.96. The van der Waals surface area contributed by atoms with E-state index in [4.69, 9.17) is 4.74 Å². The number of carbonyl (C=O) groups excluding carboxylic acids is 1. The minimum atomic E-state index is 0.120. The summed E-state index contributed by atoms with van der Waals surface area (Å²) in [5.41, 5.74) is 0. The van der Waals surface area contributed by atoms with Gasteiger partial charge in [-0.25, -0.2) is 9.97 Å². The Morgan fingerprint density at radius 2 is 2.17 bits per heavy atom. The number of nitrogens with one attached hydrogen (secondary N) is 1. The summed E-state index contributed by atoms with van der Waals surface area (Å²) in [5.74, 6) is 1.68. The van der Waals surface area contributed by atoms with Gasteiger partial charge in [0, 0.05) is 32.1 Å². The number of aromatic nitrogens is 2. The van der Waals surface area contributed by atoms with E-state index in [-0.39, 0.29) is 11.8 Å². The Bertz CT molecular complexity index is 416. The van der Waals surface area contributed by atoms with Crippen LogP contribution in [-0.2, 0) is 4.79 Å². The summed E-state index contributed by atoms with van der Waals surface area (Å²) in [4.78, 5) is 21.9. The zero-order valence-corrected chi connectivity index (χ0v) is 10.7. The van der Waals surface area contributed by atoms with Crippen molar-refractivity contribution in [1.82, 2.24) is 15.3 Å². The minimum absolute atomic E-state index is 0.120. The monoisotopic (exact) mass is 250 g/mol. The van der Waals surface area contributed by atoms with Crippen molar-refractivity contribution in [3.05, 3.63) is 12.4 Å². The molecule has 0 unspecified atom stereocenters. The molecule has 6 heteroatoms. The number of piperidine rings is 1. The number of hydrogen-bond donors (Lipinski definition) is 1. The molecular weight excluding hydrogens is 232 g/mol. The van der Waals surface area contributed by atoms with E-state index in [2.05, 4.69) is 20.2 Å². The van der Waals surface area contributed by atoms with Gasteiger partial charge in [0.05, 0.1) is 7.11 Å². The summed E-state index contributed by atoms with van der Waals surface area (Å²) in [6.45, 7) is 1.66. The van der Waals surface area contributed by atoms with Crippen molar-refractivity contribution in [2.45, 2.75) is 12.8 Å². The lowest BCUT2D eigenvalue weighted by atomic mass is 9.96. The third kappa shape index (κ3) is 2.69. The first-order chi connectivity index (χ1) is 8.74. The molecule has 1 amide bonds. The third-order valence-corrected chi connectivity index (χ3v) is 3.27. The Labute approximate surface area is 106 Å². The molecule has 98 valence electrons. The summed E-state index contributed by atoms with van der Waals surface area (Å²) in [5, 5.41) is 2.70. The fourth-order valence-electron chi connectivity index (χ4n) is 2.19. The Balaban J connectivity index is 1.98. The lowest BCUT2D eigenvalue weighted by Crippen LogP contribution is -2.39. The van der Waals surface area contributed by atoms with Gasteiger partial charge in [-0.1, -0.05) is 0 Å². The summed E-state index contributed by atoms with van der Waals surface area (Å²) >= 11 is 0. The van der Waals surface area contributed by atoms with Crippen molar-refractivity contribution in [3.63, 3.8) is 0 Å². The molecule has 1 aliphatic heterocycles. The van der Waals surface area contributed by atoms with Gasteiger partial charge < -0.3 is 15.0 Å². The highest BCUT2D eigenvalue weighted by Gasteiger charge is 2.24. The van der Waals surface area contributed by atoms with Crippen LogP contribution in [0.4, 0.5) is 5.82 Å². The highest BCUT2D eigenvalue weighted by atomic mass is 16.5. The molecule has 0 radical (unpaired) electrons. The van der Waals surface area contributed by atoms with Crippen molar-refractivity contribution in [2.75, 3.05) is 32.1 Å². The molecule has 1 saturated heterocycles. The predicted molar refractivity (Wildman–Crippen MR) is 67.6 cm³/mol. The summed E-state index contributed by atoms with van der Waals surface area (Å²) in [7, 11) is 3.27. The minimum Gasteiger partial charge on any atom is -0.481 e. The molecule has 2 heterocycles. The quantitative estimate of drug-likeness (QED) is 0.843. The molecule has 1 aromatic heterocycles. The van der Waals surface area contributed by atoms with Gasteiger partial charge in [0.1, 0.15) is 12.1 Å². The second-order valence-electron chi connectivity index (χ2n) is 4.29. The van der Waals surface area contributed by atoms with Crippen LogP contribution < -0.4 is 15.0 Å². The van der Waals surface area contributed by atoms with Crippen molar-refractivity contribution in [3.8, 4) is 5.88 Å². The maximum Gasteiger partial charge on any atom is 0.222 e. The van der Waals surface area contributed by atoms with E-state index in [1.807, 2.05) is 6.07 Å². The molecule has 2 rings (SSSR count). The van der Waals surface area contributed by atoms with Crippen LogP contribution in [0.2, 0.25) is 0 Å². The van der Waals surface area contributed by atoms with E-state index in [1.54, 1.807) is 14.2 Å². The van der Waals surface area contributed by atoms with Crippen LogP contribution in [0.3, 0.4) is 0 Å². The van der Waals surface area contributed by atoms with Crippen molar-refractivity contribution >= 4 is 11.7 Å². The largest absolute Gasteiger partial charge is 0.481 e. The highest BCUT2D eigenvalue weighted by molar-refractivity contribution is 5.78. The van der Waals surface area contributed by atoms with Crippen molar-refractivity contribution in [2.24, 2.45) is 5.92 Å². The fourth-order valence-corrected chi connectivity index (χ4v) is 2.19. The number of carbonyl (C=O) groups is 1. The molecule has 0 spiro atoms. The molecular formula is C12H18N4O2. The lowest BCUT2D eigenvalue weighted by molar-refractivity contribution is -0.125. The SMILES string of the molecule is CNC(=O)C1CCN(c2cc(OC)ncn2)CC1. The van der Waals surface area contributed by atoms with Crippen molar-refractivity contribution < 1.29 is 9.53 Å². The molecule has 18 heavy (non-hydrogen) atoms. The van der Waals surface area contributed by atoms with E-state index in [9.17, 15) is 4.79 Å². The van der Waals surface area contributed by atoms with Gasteiger partial charge in [0.15, 0.2) is 0 Å². The number of methoxy groups -OCH3 is 1. The van der Waals surface area contributed by atoms with Crippen LogP contribution in [0.5, 0.6) is 5.88 Å². The molecule has 0 saturated carbocycles. The highest BCUT2D eigenvalue weighted by Crippen LogP contribution is 2.23. The van der Waals surface area contributed by atoms with Crippen LogP contribution in [0, 0.1) is 5.92 Å². The molecule has 6 nitrogen and oxygen atoms in total. The van der Waals surface area contributed by atoms with Crippen LogP contribution in [0.1, 0.15) is 12.8 Å². The van der Waals surface area contributed by atoms with Crippen LogP contribution in [0.25, 0.3) is 0 Å². The van der Waals surface area contributed by atoms with E-state index in [0.29, 0.717) is 5.88 Å². The first-order valence-electron chi connectivity index (χ1n) is 6.07. The predicted octanol–water partition coefficient (Wildman–Crippen LogP) is 0.448. The van der Waals surface area contributed by atoms with Gasteiger partial charge in [-0.2, -0.15) is 0 Å². The van der Waals surface area contributed by atoms with Crippen LogP contribution >= 0.6 is 0 Å². The second-order valence-corrected chi connectivity index (χ2v) is 4.29. The van der Waals surface area contributed by atoms with Crippen LogP contribution in [0.15, 0.2) is 12.4 Å². The average Bonchev–Trinajstić information content (AvgIpc) is 2.46. The maximum absolute atomic E-state index is 11.5. The topological polar surface area (TPSA) is 67.4 Å². The Morgan fingerprint density at radius 1 is 1.44 bits per heavy atom. The van der Waals surface area contributed by atoms with Gasteiger partial charge in [-0.05, 0) is 12.8 Å². The molecule has 0 atom stereocenters. The van der Waals surface area contributed by atoms with Gasteiger partial charge in [-0.3, -0.25) is 4.79 Å². The smallest absolute Gasteiger partial charge is 0.222 e. The first kappa shape index (κ1) is 12.6. The average molecular weight is 250 g/mol. The molecule has 1 aliphatic rings. The summed E-state index contributed by atoms with van der Waals surface area (Å²) in [6, 6.07) is 1.82. The van der Waals surface area contributed by atoms with E-state index >= 15 is 0 Å². The summed E-state index contributed by atoms with van der Waals surface area (Å²) in [6.07, 6.45) is 3.21. The number of anilines is 1. The number of ether oxygens (including phenoxy) is 1. The molecule has 0 bridgehead atoms. The molecule has 0 aliphatic carbocycles. The normalized spacial score (nSPS) is 16.4. The summed E-state index contributed by atoms with van der Waals surface area (Å²) < 4.78 is 5.08. The number of hydrogen-bond acceptors (Lipinski definition) is 5. The first-order valence-corrected chi connectivity index (χ1v) is 6.07. The Morgan fingerprint density at radius 3 is 2.78 bits per heavy atom. The number of amides is 1. The van der Waals surface area contributed by atoms with E-state index in [1.165, 1.54) is 6.33 Å². The molecule has 1 N–H and O–H groups in total. The van der Waals surface area contributed by atoms with E-state index in [0.717, 1.165) is 31.7 Å². The second kappa shape index (κ2) is 5.66. The fraction of sp³-hybridized carbons (Fsp3) is 0.583. The third-order valence-electron chi connectivity index (χ3n) is 3.27. The number of rotatable bonds is 3. The van der Waals surface area contributed by atoms with Gasteiger partial charge in [0.2, 0.25) is 11.8 Å². The van der Waals surface area contributed by atoms with Crippen molar-refractivity contribution in [1.29, 1.82) is 0 Å². The van der Waals surface area contributed by atoms with E-state index < -0.39 is 0 Å². The molecule has 1 fully saturated rings. The van der Waals surface area contributed by atoms with Gasteiger partial charge in [0.25, 0.3) is 0 Å². The molecule has 1 aromatic rings. The zero-order valence-electron chi connectivity index (χ0n) is 10.7. The zero-order chi connectivity index (χ0) is 13.0. The van der Waals surface area contributed by atoms with Gasteiger partial charge >= 0.3 is 0 Å². The maximum atomic E-state index is 11.5. The lowest BCUT2D eigenvalue weighted by Gasteiger charge is -2.31. The standard InChI is InChI=1S/C12H18N4O2/c1-13-12(17)9-3-5-16(6-4-9)10-7-11(18-2)15-8-14-10/h7-9H,3-6H2,1-2H3,(H,13,17). The molecule has 0 aromatic carbocycles. The number of nitrogens with zero attached hydrogens (tertiary/aromatic N) is 3. The Hall–Kier alpha value is -1.85.